The molecule has 1 aromatic heterocycles. The molecule has 1 aliphatic heterocycles. The summed E-state index contributed by atoms with van der Waals surface area (Å²) in [4.78, 5) is 11.9. The predicted octanol–water partition coefficient (Wildman–Crippen LogP) is 2.10. The smallest absolute Gasteiger partial charge is 0.348 e. The molecule has 118 valence electrons. The van der Waals surface area contributed by atoms with E-state index in [1.165, 1.54) is 17.5 Å². The molecule has 0 saturated carbocycles. The Kier molecular flexibility index (Phi) is 5.09. The second kappa shape index (κ2) is 6.33. The minimum absolute atomic E-state index is 0.0919. The van der Waals surface area contributed by atoms with Gasteiger partial charge in [0.2, 0.25) is 10.0 Å². The summed E-state index contributed by atoms with van der Waals surface area (Å²) >= 11 is 4.27. The number of carbonyl (C=O) groups excluding carboxylic acids is 1. The molecule has 2 atom stereocenters. The number of hydrogen-bond acceptors (Lipinski definition) is 6. The molecule has 0 aromatic carbocycles. The zero-order valence-corrected chi connectivity index (χ0v) is 15.0. The van der Waals surface area contributed by atoms with E-state index in [-0.39, 0.29) is 22.0 Å². The van der Waals surface area contributed by atoms with Gasteiger partial charge in [0.05, 0.1) is 23.1 Å². The second-order valence-electron chi connectivity index (χ2n) is 4.82. The third-order valence-corrected chi connectivity index (χ3v) is 7.11. The SMILES string of the molecule is COC(=O)c1cc(S(=O)(=O)N2CC(C)OC(C)C2)c(Br)s1. The van der Waals surface area contributed by atoms with Crippen molar-refractivity contribution in [2.45, 2.75) is 31.0 Å². The highest BCUT2D eigenvalue weighted by molar-refractivity contribution is 9.11. The quantitative estimate of drug-likeness (QED) is 0.730. The molecule has 1 aliphatic rings. The van der Waals surface area contributed by atoms with Gasteiger partial charge < -0.3 is 9.47 Å². The summed E-state index contributed by atoms with van der Waals surface area (Å²) in [6.07, 6.45) is -0.331. The summed E-state index contributed by atoms with van der Waals surface area (Å²) < 4.78 is 37.4. The highest BCUT2D eigenvalue weighted by atomic mass is 79.9. The monoisotopic (exact) mass is 397 g/mol. The standard InChI is InChI=1S/C12H16BrNO5S2/c1-7-5-14(6-8(2)19-7)21(16,17)10-4-9(12(15)18-3)20-11(10)13/h4,7-8H,5-6H2,1-3H3. The van der Waals surface area contributed by atoms with Crippen molar-refractivity contribution < 1.29 is 22.7 Å². The van der Waals surface area contributed by atoms with Gasteiger partial charge in [0.25, 0.3) is 0 Å². The van der Waals surface area contributed by atoms with E-state index in [2.05, 4.69) is 20.7 Å². The number of halogens is 1. The minimum Gasteiger partial charge on any atom is -0.465 e. The molecule has 6 nitrogen and oxygen atoms in total. The lowest BCUT2D eigenvalue weighted by molar-refractivity contribution is -0.0440. The number of thiophene rings is 1. The number of methoxy groups -OCH3 is 1. The Bertz CT molecular complexity index is 632. The van der Waals surface area contributed by atoms with E-state index in [9.17, 15) is 13.2 Å². The van der Waals surface area contributed by atoms with Crippen molar-refractivity contribution in [3.63, 3.8) is 0 Å². The molecule has 0 aliphatic carbocycles. The van der Waals surface area contributed by atoms with Crippen LogP contribution in [0.2, 0.25) is 0 Å². The lowest BCUT2D eigenvalue weighted by Gasteiger charge is -2.34. The van der Waals surface area contributed by atoms with Crippen LogP contribution in [0.1, 0.15) is 23.5 Å². The molecule has 0 spiro atoms. The molecule has 2 unspecified atom stereocenters. The minimum atomic E-state index is -3.67. The molecule has 0 amide bonds. The lowest BCUT2D eigenvalue weighted by atomic mass is 10.3. The van der Waals surface area contributed by atoms with E-state index in [0.29, 0.717) is 16.9 Å². The van der Waals surface area contributed by atoms with E-state index < -0.39 is 16.0 Å². The number of hydrogen-bond donors (Lipinski definition) is 0. The largest absolute Gasteiger partial charge is 0.465 e. The van der Waals surface area contributed by atoms with Crippen LogP contribution in [0.4, 0.5) is 0 Å². The first kappa shape index (κ1) is 16.9. The highest BCUT2D eigenvalue weighted by Crippen LogP contribution is 2.34. The van der Waals surface area contributed by atoms with Gasteiger partial charge in [0.1, 0.15) is 9.77 Å². The summed E-state index contributed by atoms with van der Waals surface area (Å²) in [6.45, 7) is 4.26. The zero-order valence-electron chi connectivity index (χ0n) is 11.8. The molecule has 2 rings (SSSR count). The first-order chi connectivity index (χ1) is 9.75. The van der Waals surface area contributed by atoms with E-state index >= 15 is 0 Å². The number of rotatable bonds is 3. The Morgan fingerprint density at radius 1 is 1.43 bits per heavy atom. The normalized spacial score (nSPS) is 24.0. The first-order valence-corrected chi connectivity index (χ1v) is 9.34. The van der Waals surface area contributed by atoms with Crippen LogP contribution in [-0.2, 0) is 19.5 Å². The predicted molar refractivity (Wildman–Crippen MR) is 82.1 cm³/mol. The molecule has 9 heteroatoms. The summed E-state index contributed by atoms with van der Waals surface area (Å²) in [5.41, 5.74) is 0. The summed E-state index contributed by atoms with van der Waals surface area (Å²) in [6, 6.07) is 1.35. The molecule has 0 N–H and O–H groups in total. The van der Waals surface area contributed by atoms with Crippen LogP contribution in [0.3, 0.4) is 0 Å². The van der Waals surface area contributed by atoms with Crippen LogP contribution >= 0.6 is 27.3 Å². The van der Waals surface area contributed by atoms with Crippen molar-refractivity contribution in [3.8, 4) is 0 Å². The van der Waals surface area contributed by atoms with Crippen LogP contribution in [0.25, 0.3) is 0 Å². The van der Waals surface area contributed by atoms with E-state index in [1.54, 1.807) is 0 Å². The molecule has 0 bridgehead atoms. The van der Waals surface area contributed by atoms with Gasteiger partial charge in [0, 0.05) is 13.1 Å². The molecular formula is C12H16BrNO5S2. The number of morpholine rings is 1. The Hall–Kier alpha value is -0.480. The summed E-state index contributed by atoms with van der Waals surface area (Å²) in [7, 11) is -2.41. The fourth-order valence-electron chi connectivity index (χ4n) is 2.20. The van der Waals surface area contributed by atoms with Gasteiger partial charge in [-0.3, -0.25) is 0 Å². The van der Waals surface area contributed by atoms with Crippen molar-refractivity contribution in [1.29, 1.82) is 0 Å². The molecular weight excluding hydrogens is 382 g/mol. The molecule has 2 heterocycles. The van der Waals surface area contributed by atoms with Crippen molar-refractivity contribution >= 4 is 43.3 Å². The van der Waals surface area contributed by atoms with Gasteiger partial charge in [-0.05, 0) is 35.8 Å². The zero-order chi connectivity index (χ0) is 15.8. The summed E-state index contributed by atoms with van der Waals surface area (Å²) in [5.74, 6) is -0.550. The Labute approximate surface area is 136 Å². The second-order valence-corrected chi connectivity index (χ2v) is 9.10. The lowest BCUT2D eigenvalue weighted by Crippen LogP contribution is -2.48. The van der Waals surface area contributed by atoms with Gasteiger partial charge >= 0.3 is 5.97 Å². The van der Waals surface area contributed by atoms with Crippen LogP contribution in [0.15, 0.2) is 14.7 Å². The highest BCUT2D eigenvalue weighted by Gasteiger charge is 2.34. The third kappa shape index (κ3) is 3.48. The van der Waals surface area contributed by atoms with Crippen molar-refractivity contribution in [1.82, 2.24) is 4.31 Å². The van der Waals surface area contributed by atoms with Crippen molar-refractivity contribution in [2.24, 2.45) is 0 Å². The van der Waals surface area contributed by atoms with Crippen LogP contribution in [0, 0.1) is 0 Å². The molecule has 1 saturated heterocycles. The topological polar surface area (TPSA) is 72.9 Å². The molecule has 0 radical (unpaired) electrons. The van der Waals surface area contributed by atoms with E-state index in [4.69, 9.17) is 4.74 Å². The van der Waals surface area contributed by atoms with Gasteiger partial charge in [0.15, 0.2) is 0 Å². The Morgan fingerprint density at radius 3 is 2.52 bits per heavy atom. The van der Waals surface area contributed by atoms with Crippen LogP contribution in [-0.4, -0.2) is 51.1 Å². The van der Waals surface area contributed by atoms with Crippen molar-refractivity contribution in [2.75, 3.05) is 20.2 Å². The maximum Gasteiger partial charge on any atom is 0.348 e. The number of ether oxygens (including phenoxy) is 2. The van der Waals surface area contributed by atoms with Gasteiger partial charge in [-0.1, -0.05) is 0 Å². The van der Waals surface area contributed by atoms with Crippen LogP contribution in [0.5, 0.6) is 0 Å². The molecule has 1 fully saturated rings. The number of carbonyl (C=O) groups is 1. The van der Waals surface area contributed by atoms with Gasteiger partial charge in [-0.25, -0.2) is 13.2 Å². The number of sulfonamides is 1. The number of nitrogens with zero attached hydrogens (tertiary/aromatic N) is 1. The average molecular weight is 398 g/mol. The first-order valence-electron chi connectivity index (χ1n) is 6.29. The maximum atomic E-state index is 12.7. The Morgan fingerprint density at radius 2 is 2.00 bits per heavy atom. The molecule has 1 aromatic rings. The van der Waals surface area contributed by atoms with Gasteiger partial charge in [-0.2, -0.15) is 4.31 Å². The van der Waals surface area contributed by atoms with E-state index in [0.717, 1.165) is 11.3 Å². The maximum absolute atomic E-state index is 12.7. The third-order valence-electron chi connectivity index (χ3n) is 3.05. The molecule has 21 heavy (non-hydrogen) atoms. The Balaban J connectivity index is 2.35. The van der Waals surface area contributed by atoms with Crippen LogP contribution < -0.4 is 0 Å². The van der Waals surface area contributed by atoms with E-state index in [1.807, 2.05) is 13.8 Å². The van der Waals surface area contributed by atoms with Crippen molar-refractivity contribution in [3.05, 3.63) is 14.7 Å². The average Bonchev–Trinajstić information content (AvgIpc) is 2.79. The number of esters is 1. The fraction of sp³-hybridized carbons (Fsp3) is 0.583. The fourth-order valence-corrected chi connectivity index (χ4v) is 6.22. The van der Waals surface area contributed by atoms with Gasteiger partial charge in [-0.15, -0.1) is 11.3 Å². The summed E-state index contributed by atoms with van der Waals surface area (Å²) in [5, 5.41) is 0.